The lowest BCUT2D eigenvalue weighted by atomic mass is 9.81. The normalized spacial score (nSPS) is 14.4. The Kier molecular flexibility index (Phi) is 4.46. The van der Waals surface area contributed by atoms with Crippen LogP contribution in [-0.2, 0) is 0 Å². The van der Waals surface area contributed by atoms with Crippen molar-refractivity contribution in [1.82, 2.24) is 0 Å². The SMILES string of the molecule is CCCC(O)C(=N)C(C)(C)CC. The summed E-state index contributed by atoms with van der Waals surface area (Å²) in [6.07, 6.45) is 2.02. The largest absolute Gasteiger partial charge is 0.387 e. The van der Waals surface area contributed by atoms with Crippen molar-refractivity contribution in [2.24, 2.45) is 5.41 Å². The van der Waals surface area contributed by atoms with Gasteiger partial charge in [0.15, 0.2) is 0 Å². The summed E-state index contributed by atoms with van der Waals surface area (Å²) in [5.41, 5.74) is 0.334. The highest BCUT2D eigenvalue weighted by Gasteiger charge is 2.26. The molecule has 0 fully saturated rings. The summed E-state index contributed by atoms with van der Waals surface area (Å²) in [7, 11) is 0. The lowest BCUT2D eigenvalue weighted by Gasteiger charge is -2.27. The van der Waals surface area contributed by atoms with Gasteiger partial charge in [-0.05, 0) is 12.8 Å². The molecule has 0 amide bonds. The van der Waals surface area contributed by atoms with Gasteiger partial charge in [0.2, 0.25) is 0 Å². The highest BCUT2D eigenvalue weighted by molar-refractivity contribution is 5.90. The van der Waals surface area contributed by atoms with Crippen molar-refractivity contribution in [3.8, 4) is 0 Å². The molecule has 1 atom stereocenters. The first kappa shape index (κ1) is 11.6. The Hall–Kier alpha value is -0.370. The molecule has 1 unspecified atom stereocenters. The van der Waals surface area contributed by atoms with E-state index in [0.717, 1.165) is 12.8 Å². The third-order valence-electron chi connectivity index (χ3n) is 2.51. The van der Waals surface area contributed by atoms with Crippen LogP contribution in [0.15, 0.2) is 0 Å². The van der Waals surface area contributed by atoms with Crippen molar-refractivity contribution >= 4 is 5.71 Å². The van der Waals surface area contributed by atoms with E-state index in [9.17, 15) is 5.11 Å². The zero-order valence-corrected chi connectivity index (χ0v) is 8.65. The van der Waals surface area contributed by atoms with Crippen LogP contribution in [0.4, 0.5) is 0 Å². The summed E-state index contributed by atoms with van der Waals surface area (Å²) in [4.78, 5) is 0. The molecule has 0 aliphatic heterocycles. The number of rotatable bonds is 5. The molecule has 0 saturated carbocycles. The molecule has 0 rings (SSSR count). The Morgan fingerprint density at radius 3 is 2.25 bits per heavy atom. The van der Waals surface area contributed by atoms with Crippen LogP contribution in [0.5, 0.6) is 0 Å². The Morgan fingerprint density at radius 2 is 1.92 bits per heavy atom. The standard InChI is InChI=1S/C10H21NO/c1-5-7-8(12)9(11)10(3,4)6-2/h8,11-12H,5-7H2,1-4H3. The van der Waals surface area contributed by atoms with Crippen molar-refractivity contribution in [3.63, 3.8) is 0 Å². The minimum absolute atomic E-state index is 0.144. The molecular formula is C10H21NO. The smallest absolute Gasteiger partial charge is 0.0919 e. The number of aliphatic hydroxyl groups is 1. The van der Waals surface area contributed by atoms with Gasteiger partial charge < -0.3 is 10.5 Å². The number of nitrogens with one attached hydrogen (secondary N) is 1. The Labute approximate surface area is 75.5 Å². The molecule has 0 aromatic heterocycles. The Morgan fingerprint density at radius 1 is 1.42 bits per heavy atom. The topological polar surface area (TPSA) is 44.1 Å². The minimum atomic E-state index is -0.537. The Balaban J connectivity index is 4.18. The molecule has 0 aromatic rings. The molecule has 12 heavy (non-hydrogen) atoms. The highest BCUT2D eigenvalue weighted by atomic mass is 16.3. The maximum atomic E-state index is 9.56. The molecule has 0 heterocycles. The second-order valence-corrected chi connectivity index (χ2v) is 3.96. The van der Waals surface area contributed by atoms with Gasteiger partial charge in [-0.1, -0.05) is 34.1 Å². The molecule has 2 nitrogen and oxygen atoms in total. The summed E-state index contributed by atoms with van der Waals surface area (Å²) >= 11 is 0. The zero-order valence-electron chi connectivity index (χ0n) is 8.65. The first-order chi connectivity index (χ1) is 5.45. The first-order valence-corrected chi connectivity index (χ1v) is 4.72. The van der Waals surface area contributed by atoms with Gasteiger partial charge in [0.05, 0.1) is 6.10 Å². The molecule has 0 aliphatic carbocycles. The maximum Gasteiger partial charge on any atom is 0.0919 e. The maximum absolute atomic E-state index is 9.56. The molecule has 72 valence electrons. The summed E-state index contributed by atoms with van der Waals surface area (Å²) in [6.45, 7) is 8.09. The van der Waals surface area contributed by atoms with Gasteiger partial charge in [0.25, 0.3) is 0 Å². The van der Waals surface area contributed by atoms with Gasteiger partial charge in [-0.15, -0.1) is 0 Å². The van der Waals surface area contributed by atoms with Crippen LogP contribution in [0, 0.1) is 10.8 Å². The minimum Gasteiger partial charge on any atom is -0.387 e. The van der Waals surface area contributed by atoms with Crippen LogP contribution < -0.4 is 0 Å². The second kappa shape index (κ2) is 4.61. The molecule has 0 spiro atoms. The fourth-order valence-corrected chi connectivity index (χ4v) is 1.06. The fourth-order valence-electron chi connectivity index (χ4n) is 1.06. The molecule has 2 heteroatoms. The van der Waals surface area contributed by atoms with Crippen molar-refractivity contribution in [3.05, 3.63) is 0 Å². The van der Waals surface area contributed by atoms with E-state index in [-0.39, 0.29) is 5.41 Å². The van der Waals surface area contributed by atoms with E-state index in [0.29, 0.717) is 12.1 Å². The zero-order chi connectivity index (χ0) is 9.78. The van der Waals surface area contributed by atoms with Gasteiger partial charge in [-0.25, -0.2) is 0 Å². The van der Waals surface area contributed by atoms with Crippen LogP contribution in [0.1, 0.15) is 47.0 Å². The molecule has 2 N–H and O–H groups in total. The van der Waals surface area contributed by atoms with Crippen LogP contribution in [-0.4, -0.2) is 16.9 Å². The van der Waals surface area contributed by atoms with Crippen LogP contribution in [0.3, 0.4) is 0 Å². The van der Waals surface area contributed by atoms with E-state index >= 15 is 0 Å². The summed E-state index contributed by atoms with van der Waals surface area (Å²) in [6, 6.07) is 0. The summed E-state index contributed by atoms with van der Waals surface area (Å²) in [5, 5.41) is 17.3. The molecule has 0 radical (unpaired) electrons. The third-order valence-corrected chi connectivity index (χ3v) is 2.51. The molecule has 0 aliphatic rings. The number of hydrogen-bond donors (Lipinski definition) is 2. The van der Waals surface area contributed by atoms with Crippen molar-refractivity contribution in [2.45, 2.75) is 53.1 Å². The predicted octanol–water partition coefficient (Wildman–Crippen LogP) is 2.60. The average molecular weight is 171 g/mol. The van der Waals surface area contributed by atoms with Crippen molar-refractivity contribution in [2.75, 3.05) is 0 Å². The quantitative estimate of drug-likeness (QED) is 0.613. The highest BCUT2D eigenvalue weighted by Crippen LogP contribution is 2.24. The summed E-state index contributed by atoms with van der Waals surface area (Å²) < 4.78 is 0. The lowest BCUT2D eigenvalue weighted by Crippen LogP contribution is -2.33. The monoisotopic (exact) mass is 171 g/mol. The van der Waals surface area contributed by atoms with Crippen molar-refractivity contribution in [1.29, 1.82) is 5.41 Å². The number of aliphatic hydroxyl groups excluding tert-OH is 1. The predicted molar refractivity (Wildman–Crippen MR) is 52.7 cm³/mol. The van der Waals surface area contributed by atoms with E-state index < -0.39 is 6.10 Å². The second-order valence-electron chi connectivity index (χ2n) is 3.96. The molecule has 0 bridgehead atoms. The van der Waals surface area contributed by atoms with Crippen LogP contribution in [0.25, 0.3) is 0 Å². The van der Waals surface area contributed by atoms with Gasteiger partial charge in [0, 0.05) is 11.1 Å². The summed E-state index contributed by atoms with van der Waals surface area (Å²) in [5.74, 6) is 0. The molecular weight excluding hydrogens is 150 g/mol. The Bertz CT molecular complexity index is 152. The van der Waals surface area contributed by atoms with E-state index in [1.165, 1.54) is 0 Å². The van der Waals surface area contributed by atoms with Gasteiger partial charge in [-0.2, -0.15) is 0 Å². The van der Waals surface area contributed by atoms with Crippen LogP contribution >= 0.6 is 0 Å². The first-order valence-electron chi connectivity index (χ1n) is 4.72. The fraction of sp³-hybridized carbons (Fsp3) is 0.900. The number of hydrogen-bond acceptors (Lipinski definition) is 2. The van der Waals surface area contributed by atoms with Gasteiger partial charge >= 0.3 is 0 Å². The van der Waals surface area contributed by atoms with E-state index in [2.05, 4.69) is 0 Å². The van der Waals surface area contributed by atoms with E-state index in [4.69, 9.17) is 5.41 Å². The molecule has 0 saturated heterocycles. The average Bonchev–Trinajstić information content (AvgIpc) is 2.03. The van der Waals surface area contributed by atoms with E-state index in [1.807, 2.05) is 27.7 Å². The van der Waals surface area contributed by atoms with Gasteiger partial charge in [-0.3, -0.25) is 0 Å². The van der Waals surface area contributed by atoms with Crippen molar-refractivity contribution < 1.29 is 5.11 Å². The lowest BCUT2D eigenvalue weighted by molar-refractivity contribution is 0.214. The van der Waals surface area contributed by atoms with Gasteiger partial charge in [0.1, 0.15) is 0 Å². The molecule has 0 aromatic carbocycles. The third kappa shape index (κ3) is 2.94. The van der Waals surface area contributed by atoms with E-state index in [1.54, 1.807) is 0 Å². The van der Waals surface area contributed by atoms with Crippen LogP contribution in [0.2, 0.25) is 0 Å².